The Hall–Kier alpha value is -0.860. The molecular formula is C14H27IN6. The van der Waals surface area contributed by atoms with Crippen LogP contribution in [-0.4, -0.2) is 33.3 Å². The zero-order chi connectivity index (χ0) is 14.6. The van der Waals surface area contributed by atoms with E-state index in [9.17, 15) is 0 Å². The SMILES string of the molecule is CN=C(NCc1nnc2n1CCCCC2)NC(C)(C)C.I. The molecule has 2 N–H and O–H groups in total. The molecule has 7 heteroatoms. The molecule has 0 aliphatic carbocycles. The van der Waals surface area contributed by atoms with E-state index in [1.54, 1.807) is 7.05 Å². The first kappa shape index (κ1) is 18.2. The molecular weight excluding hydrogens is 379 g/mol. The van der Waals surface area contributed by atoms with Crippen molar-refractivity contribution in [3.8, 4) is 0 Å². The summed E-state index contributed by atoms with van der Waals surface area (Å²) in [6.07, 6.45) is 4.76. The molecule has 0 aromatic carbocycles. The quantitative estimate of drug-likeness (QED) is 0.449. The average molecular weight is 406 g/mol. The van der Waals surface area contributed by atoms with Gasteiger partial charge < -0.3 is 15.2 Å². The Bertz CT molecular complexity index is 474. The summed E-state index contributed by atoms with van der Waals surface area (Å²) in [5.74, 6) is 2.92. The summed E-state index contributed by atoms with van der Waals surface area (Å²) in [7, 11) is 1.78. The van der Waals surface area contributed by atoms with Crippen LogP contribution in [0.2, 0.25) is 0 Å². The highest BCUT2D eigenvalue weighted by Gasteiger charge is 2.16. The van der Waals surface area contributed by atoms with Gasteiger partial charge in [0.05, 0.1) is 6.54 Å². The number of guanidine groups is 1. The van der Waals surface area contributed by atoms with Gasteiger partial charge in [0, 0.05) is 25.6 Å². The van der Waals surface area contributed by atoms with Crippen molar-refractivity contribution in [2.45, 2.75) is 65.1 Å². The molecule has 0 radical (unpaired) electrons. The van der Waals surface area contributed by atoms with E-state index in [1.165, 1.54) is 19.3 Å². The van der Waals surface area contributed by atoms with Crippen molar-refractivity contribution in [3.63, 3.8) is 0 Å². The minimum atomic E-state index is -0.0103. The highest BCUT2D eigenvalue weighted by molar-refractivity contribution is 14.0. The van der Waals surface area contributed by atoms with Crippen molar-refractivity contribution in [1.82, 2.24) is 25.4 Å². The number of nitrogens with one attached hydrogen (secondary N) is 2. The Morgan fingerprint density at radius 3 is 2.67 bits per heavy atom. The maximum Gasteiger partial charge on any atom is 0.191 e. The third kappa shape index (κ3) is 5.44. The van der Waals surface area contributed by atoms with Gasteiger partial charge in [-0.3, -0.25) is 4.99 Å². The van der Waals surface area contributed by atoms with Gasteiger partial charge in [0.2, 0.25) is 0 Å². The van der Waals surface area contributed by atoms with Crippen LogP contribution < -0.4 is 10.6 Å². The fraction of sp³-hybridized carbons (Fsp3) is 0.786. The summed E-state index contributed by atoms with van der Waals surface area (Å²) in [5, 5.41) is 15.3. The van der Waals surface area contributed by atoms with Gasteiger partial charge in [0.1, 0.15) is 5.82 Å². The molecule has 0 fully saturated rings. The molecule has 120 valence electrons. The largest absolute Gasteiger partial charge is 0.352 e. The minimum Gasteiger partial charge on any atom is -0.352 e. The van der Waals surface area contributed by atoms with Crippen LogP contribution in [0.1, 0.15) is 51.7 Å². The molecule has 1 aromatic rings. The minimum absolute atomic E-state index is 0. The van der Waals surface area contributed by atoms with Crippen molar-refractivity contribution in [1.29, 1.82) is 0 Å². The van der Waals surface area contributed by atoms with Crippen LogP contribution in [0.25, 0.3) is 0 Å². The van der Waals surface area contributed by atoms with E-state index in [0.717, 1.165) is 30.6 Å². The lowest BCUT2D eigenvalue weighted by molar-refractivity contribution is 0.499. The lowest BCUT2D eigenvalue weighted by Crippen LogP contribution is -2.47. The van der Waals surface area contributed by atoms with Crippen LogP contribution in [0.3, 0.4) is 0 Å². The first-order valence-electron chi connectivity index (χ1n) is 7.39. The maximum atomic E-state index is 4.31. The molecule has 1 aromatic heterocycles. The molecule has 0 saturated heterocycles. The third-order valence-corrected chi connectivity index (χ3v) is 3.32. The van der Waals surface area contributed by atoms with Crippen LogP contribution >= 0.6 is 24.0 Å². The second-order valence-electron chi connectivity index (χ2n) is 6.30. The number of halogens is 1. The molecule has 0 amide bonds. The summed E-state index contributed by atoms with van der Waals surface area (Å²) in [6, 6.07) is 0. The summed E-state index contributed by atoms with van der Waals surface area (Å²) >= 11 is 0. The van der Waals surface area contributed by atoms with Crippen molar-refractivity contribution >= 4 is 29.9 Å². The summed E-state index contributed by atoms with van der Waals surface area (Å²) < 4.78 is 2.25. The molecule has 1 aliphatic heterocycles. The average Bonchev–Trinajstić information content (AvgIpc) is 2.61. The van der Waals surface area contributed by atoms with Crippen LogP contribution in [0, 0.1) is 0 Å². The standard InChI is InChI=1S/C14H26N6.HI/c1-14(2,3)17-13(15-4)16-10-12-19-18-11-8-6-5-7-9-20(11)12;/h5-10H2,1-4H3,(H2,15,16,17);1H. The summed E-state index contributed by atoms with van der Waals surface area (Å²) in [5.41, 5.74) is -0.0103. The van der Waals surface area contributed by atoms with Gasteiger partial charge in [0.25, 0.3) is 0 Å². The molecule has 2 rings (SSSR count). The zero-order valence-electron chi connectivity index (χ0n) is 13.4. The lowest BCUT2D eigenvalue weighted by Gasteiger charge is -2.23. The number of hydrogen-bond donors (Lipinski definition) is 2. The van der Waals surface area contributed by atoms with Crippen LogP contribution in [0.4, 0.5) is 0 Å². The third-order valence-electron chi connectivity index (χ3n) is 3.32. The molecule has 6 nitrogen and oxygen atoms in total. The predicted octanol–water partition coefficient (Wildman–Crippen LogP) is 2.09. The number of rotatable bonds is 2. The van der Waals surface area contributed by atoms with Gasteiger partial charge in [-0.2, -0.15) is 0 Å². The Morgan fingerprint density at radius 2 is 2.00 bits per heavy atom. The Labute approximate surface area is 144 Å². The molecule has 0 atom stereocenters. The van der Waals surface area contributed by atoms with Crippen molar-refractivity contribution in [3.05, 3.63) is 11.6 Å². The van der Waals surface area contributed by atoms with E-state index >= 15 is 0 Å². The van der Waals surface area contributed by atoms with Gasteiger partial charge in [-0.05, 0) is 33.6 Å². The van der Waals surface area contributed by atoms with Crippen LogP contribution in [0.15, 0.2) is 4.99 Å². The molecule has 0 unspecified atom stereocenters. The summed E-state index contributed by atoms with van der Waals surface area (Å²) in [4.78, 5) is 4.24. The first-order valence-corrected chi connectivity index (χ1v) is 7.39. The van der Waals surface area contributed by atoms with Crippen molar-refractivity contribution < 1.29 is 0 Å². The van der Waals surface area contributed by atoms with E-state index in [-0.39, 0.29) is 29.5 Å². The van der Waals surface area contributed by atoms with Gasteiger partial charge >= 0.3 is 0 Å². The monoisotopic (exact) mass is 406 g/mol. The van der Waals surface area contributed by atoms with Gasteiger partial charge in [-0.1, -0.05) is 6.42 Å². The number of aryl methyl sites for hydroxylation is 1. The molecule has 21 heavy (non-hydrogen) atoms. The molecule has 2 heterocycles. The second-order valence-corrected chi connectivity index (χ2v) is 6.30. The normalized spacial score (nSPS) is 15.7. The van der Waals surface area contributed by atoms with Crippen molar-refractivity contribution in [2.75, 3.05) is 7.05 Å². The molecule has 0 bridgehead atoms. The molecule has 1 aliphatic rings. The van der Waals surface area contributed by atoms with Crippen LogP contribution in [-0.2, 0) is 19.5 Å². The highest BCUT2D eigenvalue weighted by atomic mass is 127. The van der Waals surface area contributed by atoms with E-state index in [1.807, 2.05) is 0 Å². The molecule has 0 saturated carbocycles. The second kappa shape index (κ2) is 7.95. The Balaban J connectivity index is 0.00000220. The van der Waals surface area contributed by atoms with E-state index in [0.29, 0.717) is 6.54 Å². The predicted molar refractivity (Wildman–Crippen MR) is 96.1 cm³/mol. The van der Waals surface area contributed by atoms with E-state index < -0.39 is 0 Å². The fourth-order valence-electron chi connectivity index (χ4n) is 2.37. The van der Waals surface area contributed by atoms with Gasteiger partial charge in [-0.25, -0.2) is 0 Å². The Morgan fingerprint density at radius 1 is 1.24 bits per heavy atom. The van der Waals surface area contributed by atoms with Gasteiger partial charge in [0.15, 0.2) is 11.8 Å². The Kier molecular flexibility index (Phi) is 6.89. The number of aliphatic imine (C=N–C) groups is 1. The van der Waals surface area contributed by atoms with E-state index in [2.05, 4.69) is 51.2 Å². The van der Waals surface area contributed by atoms with Crippen LogP contribution in [0.5, 0.6) is 0 Å². The number of fused-ring (bicyclic) bond motifs is 1. The maximum absolute atomic E-state index is 4.31. The van der Waals surface area contributed by atoms with Gasteiger partial charge in [-0.15, -0.1) is 34.2 Å². The number of hydrogen-bond acceptors (Lipinski definition) is 3. The number of aromatic nitrogens is 3. The topological polar surface area (TPSA) is 67.1 Å². The van der Waals surface area contributed by atoms with Crippen molar-refractivity contribution in [2.24, 2.45) is 4.99 Å². The first-order chi connectivity index (χ1) is 9.49. The smallest absolute Gasteiger partial charge is 0.191 e. The van der Waals surface area contributed by atoms with E-state index in [4.69, 9.17) is 0 Å². The number of nitrogens with zero attached hydrogens (tertiary/aromatic N) is 4. The summed E-state index contributed by atoms with van der Waals surface area (Å²) in [6.45, 7) is 8.03. The fourth-order valence-corrected chi connectivity index (χ4v) is 2.37. The highest BCUT2D eigenvalue weighted by Crippen LogP contribution is 2.14. The zero-order valence-corrected chi connectivity index (χ0v) is 15.8. The molecule has 0 spiro atoms. The lowest BCUT2D eigenvalue weighted by atomic mass is 10.1.